The van der Waals surface area contributed by atoms with E-state index in [1.807, 2.05) is 25.4 Å². The summed E-state index contributed by atoms with van der Waals surface area (Å²) >= 11 is 0. The van der Waals surface area contributed by atoms with Crippen LogP contribution in [-0.4, -0.2) is 67.3 Å². The Kier molecular flexibility index (Phi) is 7.01. The Morgan fingerprint density at radius 3 is 2.79 bits per heavy atom. The normalized spacial score (nSPS) is 15.8. The third-order valence-corrected chi connectivity index (χ3v) is 5.23. The van der Waals surface area contributed by atoms with Gasteiger partial charge in [-0.05, 0) is 36.6 Å². The number of carbonyl (C=O) groups excluding carboxylic acids is 1. The maximum Gasteiger partial charge on any atom is 0.317 e. The van der Waals surface area contributed by atoms with Crippen LogP contribution in [0, 0.1) is 13.8 Å². The summed E-state index contributed by atoms with van der Waals surface area (Å²) in [7, 11) is 1.85. The van der Waals surface area contributed by atoms with Crippen LogP contribution in [-0.2, 0) is 4.74 Å². The number of nitrogens with zero attached hydrogens (tertiary/aromatic N) is 3. The molecule has 1 fully saturated rings. The average molecular weight is 383 g/mol. The van der Waals surface area contributed by atoms with Crippen LogP contribution in [0.5, 0.6) is 0 Å². The van der Waals surface area contributed by atoms with Gasteiger partial charge >= 0.3 is 6.03 Å². The summed E-state index contributed by atoms with van der Waals surface area (Å²) in [4.78, 5) is 21.3. The van der Waals surface area contributed by atoms with Crippen molar-refractivity contribution in [3.63, 3.8) is 0 Å². The summed E-state index contributed by atoms with van der Waals surface area (Å²) in [6, 6.07) is 9.93. The molecule has 0 bridgehead atoms. The molecule has 0 radical (unpaired) electrons. The van der Waals surface area contributed by atoms with Crippen LogP contribution in [0.1, 0.15) is 28.3 Å². The molecule has 0 aliphatic carbocycles. The quantitative estimate of drug-likeness (QED) is 0.835. The van der Waals surface area contributed by atoms with E-state index in [9.17, 15) is 4.79 Å². The van der Waals surface area contributed by atoms with Gasteiger partial charge in [0.15, 0.2) is 0 Å². The fourth-order valence-corrected chi connectivity index (χ4v) is 3.41. The first-order chi connectivity index (χ1) is 13.5. The molecule has 1 atom stereocenters. The van der Waals surface area contributed by atoms with Gasteiger partial charge < -0.3 is 15.0 Å². The van der Waals surface area contributed by atoms with Crippen molar-refractivity contribution < 1.29 is 9.53 Å². The van der Waals surface area contributed by atoms with Crippen LogP contribution in [0.4, 0.5) is 4.79 Å². The van der Waals surface area contributed by atoms with E-state index >= 15 is 0 Å². The van der Waals surface area contributed by atoms with Crippen molar-refractivity contribution in [1.82, 2.24) is 20.1 Å². The Morgan fingerprint density at radius 2 is 2.07 bits per heavy atom. The smallest absolute Gasteiger partial charge is 0.317 e. The van der Waals surface area contributed by atoms with E-state index in [1.54, 1.807) is 11.1 Å². The first-order valence-corrected chi connectivity index (χ1v) is 9.83. The Hall–Kier alpha value is -2.44. The Morgan fingerprint density at radius 1 is 1.29 bits per heavy atom. The first-order valence-electron chi connectivity index (χ1n) is 9.83. The van der Waals surface area contributed by atoms with E-state index in [1.165, 1.54) is 5.56 Å². The molecule has 1 aliphatic heterocycles. The minimum atomic E-state index is -0.230. The van der Waals surface area contributed by atoms with Crippen molar-refractivity contribution in [1.29, 1.82) is 0 Å². The van der Waals surface area contributed by atoms with Crippen molar-refractivity contribution in [3.05, 3.63) is 65.0 Å². The molecule has 0 spiro atoms. The molecule has 1 aromatic heterocycles. The second kappa shape index (κ2) is 9.66. The van der Waals surface area contributed by atoms with Gasteiger partial charge in [-0.1, -0.05) is 29.8 Å². The van der Waals surface area contributed by atoms with Crippen LogP contribution in [0.2, 0.25) is 0 Å². The van der Waals surface area contributed by atoms with Crippen LogP contribution in [0.15, 0.2) is 42.7 Å². The third-order valence-electron chi connectivity index (χ3n) is 5.23. The molecule has 3 rings (SSSR count). The summed E-state index contributed by atoms with van der Waals surface area (Å²) in [5.74, 6) is 0. The van der Waals surface area contributed by atoms with Crippen molar-refractivity contribution in [2.75, 3.05) is 46.4 Å². The molecule has 1 saturated heterocycles. The summed E-state index contributed by atoms with van der Waals surface area (Å²) in [5, 5.41) is 3.21. The second-order valence-electron chi connectivity index (χ2n) is 7.40. The van der Waals surface area contributed by atoms with E-state index in [2.05, 4.69) is 47.2 Å². The Balaban J connectivity index is 1.71. The van der Waals surface area contributed by atoms with E-state index in [4.69, 9.17) is 4.74 Å². The lowest BCUT2D eigenvalue weighted by atomic mass is 9.94. The van der Waals surface area contributed by atoms with Gasteiger partial charge in [-0.15, -0.1) is 0 Å². The van der Waals surface area contributed by atoms with Crippen LogP contribution < -0.4 is 5.32 Å². The zero-order valence-electron chi connectivity index (χ0n) is 17.0. The Bertz CT molecular complexity index is 775. The summed E-state index contributed by atoms with van der Waals surface area (Å²) in [5.41, 5.74) is 4.40. The molecule has 28 heavy (non-hydrogen) atoms. The highest BCUT2D eigenvalue weighted by molar-refractivity contribution is 5.75. The number of aryl methyl sites for hydroxylation is 2. The molecule has 1 aromatic carbocycles. The number of likely N-dealkylation sites (N-methyl/N-ethyl adjacent to an activating group) is 1. The number of morpholine rings is 1. The van der Waals surface area contributed by atoms with E-state index in [-0.39, 0.29) is 12.1 Å². The number of urea groups is 1. The lowest BCUT2D eigenvalue weighted by Gasteiger charge is -2.30. The zero-order chi connectivity index (χ0) is 19.9. The van der Waals surface area contributed by atoms with Crippen molar-refractivity contribution in [3.8, 4) is 0 Å². The molecule has 2 heterocycles. The van der Waals surface area contributed by atoms with Gasteiger partial charge in [-0.3, -0.25) is 9.88 Å². The molecule has 6 nitrogen and oxygen atoms in total. The number of aromatic nitrogens is 1. The second-order valence-corrected chi connectivity index (χ2v) is 7.40. The number of hydrogen-bond acceptors (Lipinski definition) is 4. The lowest BCUT2D eigenvalue weighted by molar-refractivity contribution is 0.0357. The summed E-state index contributed by atoms with van der Waals surface area (Å²) in [6.45, 7) is 9.07. The third kappa shape index (κ3) is 5.30. The van der Waals surface area contributed by atoms with Gasteiger partial charge in [-0.25, -0.2) is 4.79 Å². The van der Waals surface area contributed by atoms with E-state index in [0.717, 1.165) is 49.5 Å². The highest BCUT2D eigenvalue weighted by atomic mass is 16.5. The SMILES string of the molecule is Cc1ccc(C)c([C@@H](NC(=O)N(C)CCN2CCOCC2)c2cccnc2)c1. The Labute approximate surface area is 167 Å². The molecule has 1 aliphatic rings. The minimum absolute atomic E-state index is 0.0805. The molecule has 2 amide bonds. The largest absolute Gasteiger partial charge is 0.379 e. The lowest BCUT2D eigenvalue weighted by Crippen LogP contribution is -2.45. The number of carbonyl (C=O) groups is 1. The minimum Gasteiger partial charge on any atom is -0.379 e. The number of hydrogen-bond donors (Lipinski definition) is 1. The predicted molar refractivity (Wildman–Crippen MR) is 110 cm³/mol. The predicted octanol–water partition coefficient (Wildman–Crippen LogP) is 2.76. The van der Waals surface area contributed by atoms with Gasteiger partial charge in [0, 0.05) is 45.6 Å². The maximum atomic E-state index is 12.9. The standard InChI is InChI=1S/C22H30N4O2/c1-17-6-7-18(2)20(15-17)21(19-5-4-8-23-16-19)24-22(27)25(3)9-10-26-11-13-28-14-12-26/h4-8,15-16,21H,9-14H2,1-3H3,(H,24,27)/t21-/m0/s1. The van der Waals surface area contributed by atoms with Crippen LogP contribution >= 0.6 is 0 Å². The molecule has 0 saturated carbocycles. The van der Waals surface area contributed by atoms with Crippen molar-refractivity contribution in [2.45, 2.75) is 19.9 Å². The topological polar surface area (TPSA) is 57.7 Å². The van der Waals surface area contributed by atoms with Crippen molar-refractivity contribution >= 4 is 6.03 Å². The van der Waals surface area contributed by atoms with E-state index < -0.39 is 0 Å². The van der Waals surface area contributed by atoms with Gasteiger partial charge in [0.2, 0.25) is 0 Å². The van der Waals surface area contributed by atoms with Gasteiger partial charge in [0.05, 0.1) is 19.3 Å². The van der Waals surface area contributed by atoms with Crippen molar-refractivity contribution in [2.24, 2.45) is 0 Å². The first kappa shape index (κ1) is 20.3. The van der Waals surface area contributed by atoms with Gasteiger partial charge in [0.25, 0.3) is 0 Å². The van der Waals surface area contributed by atoms with Gasteiger partial charge in [-0.2, -0.15) is 0 Å². The number of rotatable bonds is 6. The molecule has 1 N–H and O–H groups in total. The fraction of sp³-hybridized carbons (Fsp3) is 0.455. The van der Waals surface area contributed by atoms with Gasteiger partial charge in [0.1, 0.15) is 0 Å². The monoisotopic (exact) mass is 382 g/mol. The maximum absolute atomic E-state index is 12.9. The molecular weight excluding hydrogens is 352 g/mol. The molecule has 2 aromatic rings. The van der Waals surface area contributed by atoms with Crippen LogP contribution in [0.3, 0.4) is 0 Å². The summed E-state index contributed by atoms with van der Waals surface area (Å²) in [6.07, 6.45) is 3.57. The number of pyridine rings is 1. The number of ether oxygens (including phenoxy) is 1. The summed E-state index contributed by atoms with van der Waals surface area (Å²) < 4.78 is 5.38. The highest BCUT2D eigenvalue weighted by Crippen LogP contribution is 2.25. The number of benzene rings is 1. The molecule has 150 valence electrons. The van der Waals surface area contributed by atoms with Crippen LogP contribution in [0.25, 0.3) is 0 Å². The fourth-order valence-electron chi connectivity index (χ4n) is 3.41. The molecule has 6 heteroatoms. The molecular formula is C22H30N4O2. The average Bonchev–Trinajstić information content (AvgIpc) is 2.73. The molecule has 0 unspecified atom stereocenters. The highest BCUT2D eigenvalue weighted by Gasteiger charge is 2.21. The van der Waals surface area contributed by atoms with E-state index in [0.29, 0.717) is 6.54 Å². The number of amides is 2. The number of nitrogens with one attached hydrogen (secondary N) is 1. The zero-order valence-corrected chi connectivity index (χ0v) is 17.0.